The summed E-state index contributed by atoms with van der Waals surface area (Å²) in [5.41, 5.74) is 8.92. The van der Waals surface area contributed by atoms with Gasteiger partial charge in [0.2, 0.25) is 0 Å². The molecule has 0 bridgehead atoms. The van der Waals surface area contributed by atoms with Gasteiger partial charge in [0.15, 0.2) is 36.5 Å². The molecule has 0 unspecified atom stereocenters. The number of oxazole rings is 3. The second-order valence-electron chi connectivity index (χ2n) is 11.3. The van der Waals surface area contributed by atoms with E-state index in [1.807, 2.05) is 72.8 Å². The first-order valence-electron chi connectivity index (χ1n) is 15.5. The van der Waals surface area contributed by atoms with Gasteiger partial charge >= 0.3 is 0 Å². The summed E-state index contributed by atoms with van der Waals surface area (Å²) in [6.07, 6.45) is 9.30. The summed E-state index contributed by atoms with van der Waals surface area (Å²) in [6.45, 7) is 7.33. The van der Waals surface area contributed by atoms with Gasteiger partial charge in [-0.15, -0.1) is 0 Å². The predicted octanol–water partition coefficient (Wildman–Crippen LogP) is 9.31. The third-order valence-electron chi connectivity index (χ3n) is 8.59. The maximum Gasteiger partial charge on any atom is 0.181 e. The van der Waals surface area contributed by atoms with Crippen LogP contribution in [0.25, 0.3) is 34.0 Å². The van der Waals surface area contributed by atoms with Crippen LogP contribution >= 0.6 is 0 Å². The van der Waals surface area contributed by atoms with E-state index < -0.39 is 0 Å². The fourth-order valence-electron chi connectivity index (χ4n) is 5.92. The van der Waals surface area contributed by atoms with Gasteiger partial charge in [0, 0.05) is 0 Å². The van der Waals surface area contributed by atoms with Crippen molar-refractivity contribution in [2.24, 2.45) is 0 Å². The largest absolute Gasteiger partial charge is 0.488 e. The third kappa shape index (κ3) is 6.18. The van der Waals surface area contributed by atoms with E-state index in [0.717, 1.165) is 50.1 Å². The Bertz CT molecular complexity index is 1860. The van der Waals surface area contributed by atoms with E-state index in [9.17, 15) is 0 Å². The highest BCUT2D eigenvalue weighted by Crippen LogP contribution is 2.36. The number of hydrogen-bond acceptors (Lipinski definition) is 9. The SMILES string of the molecule is Cc1c(COc2ccccc2-c2cnco2)c(C)c(COc2ccccc2-c2cnco2)c(C)c1COc1ccccc1-c1cnco1. The van der Waals surface area contributed by atoms with Gasteiger partial charge in [-0.2, -0.15) is 0 Å². The van der Waals surface area contributed by atoms with Crippen LogP contribution in [-0.2, 0) is 19.8 Å². The summed E-state index contributed by atoms with van der Waals surface area (Å²) >= 11 is 0. The Balaban J connectivity index is 1.24. The van der Waals surface area contributed by atoms with Crippen molar-refractivity contribution in [2.75, 3.05) is 0 Å². The zero-order valence-electron chi connectivity index (χ0n) is 26.8. The van der Waals surface area contributed by atoms with E-state index >= 15 is 0 Å². The lowest BCUT2D eigenvalue weighted by Crippen LogP contribution is -2.13. The van der Waals surface area contributed by atoms with Gasteiger partial charge in [-0.05, 0) is 90.6 Å². The molecule has 3 aromatic heterocycles. The molecular formula is C39H33N3O6. The average Bonchev–Trinajstić information content (AvgIpc) is 3.94. The van der Waals surface area contributed by atoms with Crippen LogP contribution in [-0.4, -0.2) is 15.0 Å². The molecule has 0 aliphatic heterocycles. The Morgan fingerprint density at radius 3 is 1.00 bits per heavy atom. The van der Waals surface area contributed by atoms with E-state index in [1.165, 1.54) is 19.2 Å². The highest BCUT2D eigenvalue weighted by Gasteiger charge is 2.21. The van der Waals surface area contributed by atoms with Crippen LogP contribution in [0.4, 0.5) is 0 Å². The molecule has 9 nitrogen and oxygen atoms in total. The molecule has 0 fully saturated rings. The van der Waals surface area contributed by atoms with Gasteiger partial charge in [-0.3, -0.25) is 0 Å². The molecule has 48 heavy (non-hydrogen) atoms. The van der Waals surface area contributed by atoms with Crippen molar-refractivity contribution in [3.05, 3.63) is 144 Å². The molecular weight excluding hydrogens is 606 g/mol. The molecule has 0 atom stereocenters. The number of rotatable bonds is 12. The average molecular weight is 640 g/mol. The van der Waals surface area contributed by atoms with Crippen molar-refractivity contribution in [2.45, 2.75) is 40.6 Å². The molecule has 7 rings (SSSR count). The lowest BCUT2D eigenvalue weighted by atomic mass is 9.89. The minimum Gasteiger partial charge on any atom is -0.488 e. The maximum atomic E-state index is 6.51. The lowest BCUT2D eigenvalue weighted by Gasteiger charge is -2.24. The molecule has 0 radical (unpaired) electrons. The van der Waals surface area contributed by atoms with E-state index in [0.29, 0.717) is 54.3 Å². The first kappa shape index (κ1) is 30.6. The quantitative estimate of drug-likeness (QED) is 0.129. The molecule has 0 saturated carbocycles. The maximum absolute atomic E-state index is 6.51. The number of benzene rings is 4. The Labute approximate surface area is 277 Å². The van der Waals surface area contributed by atoms with Crippen molar-refractivity contribution in [3.8, 4) is 51.2 Å². The molecule has 0 aliphatic carbocycles. The Morgan fingerprint density at radius 2 is 0.729 bits per heavy atom. The van der Waals surface area contributed by atoms with E-state index in [4.69, 9.17) is 27.5 Å². The second-order valence-corrected chi connectivity index (χ2v) is 11.3. The van der Waals surface area contributed by atoms with E-state index in [2.05, 4.69) is 35.7 Å². The molecule has 9 heteroatoms. The Hall–Kier alpha value is -6.09. The van der Waals surface area contributed by atoms with Crippen LogP contribution in [0.3, 0.4) is 0 Å². The Kier molecular flexibility index (Phi) is 8.74. The van der Waals surface area contributed by atoms with Crippen LogP contribution in [0, 0.1) is 20.8 Å². The number of nitrogens with zero attached hydrogens (tertiary/aromatic N) is 3. The standard InChI is InChI=1S/C39H33N3O6/c1-25-31(19-43-34-13-7-4-10-28(34)37-16-40-22-46-37)26(2)33(21-45-36-15-9-6-12-30(36)39-18-42-24-48-39)27(3)32(25)20-44-35-14-8-5-11-29(35)38-17-41-23-47-38/h4-18,22-24H,19-21H2,1-3H3. The van der Waals surface area contributed by atoms with E-state index in [-0.39, 0.29) is 0 Å². The summed E-state index contributed by atoms with van der Waals surface area (Å²) in [6, 6.07) is 23.4. The molecule has 0 amide bonds. The van der Waals surface area contributed by atoms with E-state index in [1.54, 1.807) is 18.6 Å². The summed E-state index contributed by atoms with van der Waals surface area (Å²) in [7, 11) is 0. The minimum absolute atomic E-state index is 0.326. The predicted molar refractivity (Wildman–Crippen MR) is 179 cm³/mol. The monoisotopic (exact) mass is 639 g/mol. The van der Waals surface area contributed by atoms with Crippen LogP contribution in [0.5, 0.6) is 17.2 Å². The minimum atomic E-state index is 0.326. The highest BCUT2D eigenvalue weighted by molar-refractivity contribution is 5.67. The van der Waals surface area contributed by atoms with Crippen molar-refractivity contribution >= 4 is 0 Å². The zero-order chi connectivity index (χ0) is 32.9. The van der Waals surface area contributed by atoms with Crippen LogP contribution in [0.1, 0.15) is 33.4 Å². The van der Waals surface area contributed by atoms with Gasteiger partial charge in [-0.1, -0.05) is 36.4 Å². The number of aromatic nitrogens is 3. The summed E-state index contributed by atoms with van der Waals surface area (Å²) in [4.78, 5) is 12.3. The lowest BCUT2D eigenvalue weighted by molar-refractivity contribution is 0.290. The molecule has 240 valence electrons. The first-order valence-corrected chi connectivity index (χ1v) is 15.5. The van der Waals surface area contributed by atoms with Gasteiger partial charge in [0.1, 0.15) is 37.1 Å². The van der Waals surface area contributed by atoms with Gasteiger partial charge in [-0.25, -0.2) is 15.0 Å². The van der Waals surface area contributed by atoms with Crippen molar-refractivity contribution in [1.82, 2.24) is 15.0 Å². The number of para-hydroxylation sites is 3. The fourth-order valence-corrected chi connectivity index (χ4v) is 5.92. The summed E-state index contributed by atoms with van der Waals surface area (Å²) in [5.74, 6) is 4.02. The van der Waals surface area contributed by atoms with Gasteiger partial charge < -0.3 is 27.5 Å². The smallest absolute Gasteiger partial charge is 0.181 e. The van der Waals surface area contributed by atoms with Crippen LogP contribution in [0.15, 0.2) is 124 Å². The second kappa shape index (κ2) is 13.7. The van der Waals surface area contributed by atoms with Gasteiger partial charge in [0.05, 0.1) is 35.3 Å². The van der Waals surface area contributed by atoms with Crippen molar-refractivity contribution in [1.29, 1.82) is 0 Å². The van der Waals surface area contributed by atoms with Crippen LogP contribution < -0.4 is 14.2 Å². The van der Waals surface area contributed by atoms with Crippen molar-refractivity contribution < 1.29 is 27.5 Å². The number of hydrogen-bond donors (Lipinski definition) is 0. The molecule has 0 N–H and O–H groups in total. The molecule has 7 aromatic rings. The summed E-state index contributed by atoms with van der Waals surface area (Å²) in [5, 5.41) is 0. The van der Waals surface area contributed by atoms with Gasteiger partial charge in [0.25, 0.3) is 0 Å². The molecule has 0 saturated heterocycles. The summed E-state index contributed by atoms with van der Waals surface area (Å²) < 4.78 is 36.3. The zero-order valence-corrected chi connectivity index (χ0v) is 26.8. The molecule has 4 aromatic carbocycles. The molecule has 3 heterocycles. The van der Waals surface area contributed by atoms with Crippen molar-refractivity contribution in [3.63, 3.8) is 0 Å². The topological polar surface area (TPSA) is 106 Å². The number of ether oxygens (including phenoxy) is 3. The Morgan fingerprint density at radius 1 is 0.438 bits per heavy atom. The third-order valence-corrected chi connectivity index (χ3v) is 8.59. The molecule has 0 spiro atoms. The first-order chi connectivity index (χ1) is 23.6. The fraction of sp³-hybridized carbons (Fsp3) is 0.154. The molecule has 0 aliphatic rings. The highest BCUT2D eigenvalue weighted by atomic mass is 16.5. The normalized spacial score (nSPS) is 11.1. The van der Waals surface area contributed by atoms with Crippen LogP contribution in [0.2, 0.25) is 0 Å².